The first kappa shape index (κ1) is 11.8. The molecule has 1 aromatic rings. The minimum Gasteiger partial charge on any atom is -0.399 e. The van der Waals surface area contributed by atoms with E-state index in [1.54, 1.807) is 18.2 Å². The number of anilines is 2. The molecule has 80 valence electrons. The lowest BCUT2D eigenvalue weighted by atomic mass is 10.3. The van der Waals surface area contributed by atoms with Crippen LogP contribution in [-0.2, 0) is 10.0 Å². The summed E-state index contributed by atoms with van der Waals surface area (Å²) in [5, 5.41) is 8.29. The van der Waals surface area contributed by atoms with Gasteiger partial charge in [0.15, 0.2) is 5.75 Å². The van der Waals surface area contributed by atoms with Gasteiger partial charge in [0.2, 0.25) is 10.0 Å². The molecule has 3 N–H and O–H groups in total. The fourth-order valence-electron chi connectivity index (χ4n) is 0.903. The van der Waals surface area contributed by atoms with Crippen LogP contribution in [-0.4, -0.2) is 14.2 Å². The Labute approximate surface area is 96.1 Å². The van der Waals surface area contributed by atoms with Crippen molar-refractivity contribution in [2.45, 2.75) is 0 Å². The van der Waals surface area contributed by atoms with Gasteiger partial charge in [-0.25, -0.2) is 8.42 Å². The topological polar surface area (TPSA) is 96.0 Å². The quantitative estimate of drug-likeness (QED) is 0.820. The normalized spacial score (nSPS) is 10.7. The van der Waals surface area contributed by atoms with Crippen molar-refractivity contribution in [3.05, 3.63) is 22.7 Å². The van der Waals surface area contributed by atoms with Gasteiger partial charge in [-0.1, -0.05) is 0 Å². The molecular weight excluding hydrogens is 282 g/mol. The minimum absolute atomic E-state index is 0.361. The van der Waals surface area contributed by atoms with Crippen LogP contribution in [0.2, 0.25) is 0 Å². The van der Waals surface area contributed by atoms with Gasteiger partial charge in [-0.2, -0.15) is 5.26 Å². The predicted molar refractivity (Wildman–Crippen MR) is 61.6 cm³/mol. The van der Waals surface area contributed by atoms with E-state index in [1.807, 2.05) is 0 Å². The molecule has 0 amide bonds. The van der Waals surface area contributed by atoms with Crippen LogP contribution in [0.15, 0.2) is 22.7 Å². The second kappa shape index (κ2) is 4.51. The second-order valence-corrected chi connectivity index (χ2v) is 5.34. The Hall–Kier alpha value is -1.26. The molecule has 0 aliphatic carbocycles. The molecule has 0 spiro atoms. The number of nitrogens with zero attached hydrogens (tertiary/aromatic N) is 1. The zero-order valence-electron chi connectivity index (χ0n) is 7.57. The van der Waals surface area contributed by atoms with Crippen LogP contribution in [0.25, 0.3) is 0 Å². The van der Waals surface area contributed by atoms with E-state index in [0.29, 0.717) is 15.8 Å². The molecule has 0 saturated heterocycles. The van der Waals surface area contributed by atoms with Gasteiger partial charge in [-0.3, -0.25) is 4.72 Å². The highest BCUT2D eigenvalue weighted by atomic mass is 79.9. The zero-order valence-corrected chi connectivity index (χ0v) is 9.97. The van der Waals surface area contributed by atoms with Crippen LogP contribution in [0.3, 0.4) is 0 Å². The van der Waals surface area contributed by atoms with Gasteiger partial charge in [-0.15, -0.1) is 0 Å². The Balaban J connectivity index is 2.96. The fourth-order valence-corrected chi connectivity index (χ4v) is 2.28. The molecule has 0 fully saturated rings. The highest BCUT2D eigenvalue weighted by Crippen LogP contribution is 2.25. The number of halogens is 1. The van der Waals surface area contributed by atoms with Crippen molar-refractivity contribution in [2.75, 3.05) is 16.2 Å². The molecule has 0 unspecified atom stereocenters. The number of sulfonamides is 1. The number of nitrogens with two attached hydrogens (primary N) is 1. The number of rotatable bonds is 3. The van der Waals surface area contributed by atoms with Crippen molar-refractivity contribution < 1.29 is 8.42 Å². The predicted octanol–water partition coefficient (Wildman–Crippen LogP) is 1.30. The molecule has 7 heteroatoms. The third-order valence-corrected chi connectivity index (χ3v) is 3.21. The molecule has 5 nitrogen and oxygen atoms in total. The van der Waals surface area contributed by atoms with Crippen molar-refractivity contribution >= 4 is 37.3 Å². The third kappa shape index (κ3) is 3.42. The van der Waals surface area contributed by atoms with E-state index in [4.69, 9.17) is 11.0 Å². The number of nitrogens with one attached hydrogen (secondary N) is 1. The van der Waals surface area contributed by atoms with Crippen LogP contribution >= 0.6 is 15.9 Å². The molecule has 1 rings (SSSR count). The van der Waals surface area contributed by atoms with Crippen molar-refractivity contribution in [1.82, 2.24) is 0 Å². The SMILES string of the molecule is N#CCS(=O)(=O)Nc1ccc(N)cc1Br. The van der Waals surface area contributed by atoms with Crippen molar-refractivity contribution in [3.8, 4) is 6.07 Å². The Kier molecular flexibility index (Phi) is 3.55. The molecule has 0 atom stereocenters. The number of hydrogen-bond donors (Lipinski definition) is 2. The van der Waals surface area contributed by atoms with Crippen molar-refractivity contribution in [3.63, 3.8) is 0 Å². The Bertz CT molecular complexity index is 507. The van der Waals surface area contributed by atoms with Crippen LogP contribution < -0.4 is 10.5 Å². The molecule has 0 aliphatic heterocycles. The Morgan fingerprint density at radius 3 is 2.73 bits per heavy atom. The Morgan fingerprint density at radius 2 is 2.20 bits per heavy atom. The standard InChI is InChI=1S/C8H8BrN3O2S/c9-7-5-6(11)1-2-8(7)12-15(13,14)4-3-10/h1-2,5,12H,4,11H2. The summed E-state index contributed by atoms with van der Waals surface area (Å²) in [6, 6.07) is 6.23. The molecule has 0 saturated carbocycles. The first-order valence-corrected chi connectivity index (χ1v) is 6.31. The lowest BCUT2D eigenvalue weighted by molar-refractivity contribution is 0.604. The molecule has 0 aliphatic rings. The van der Waals surface area contributed by atoms with Gasteiger partial charge in [-0.05, 0) is 34.1 Å². The number of benzene rings is 1. The summed E-state index contributed by atoms with van der Waals surface area (Å²) in [5.74, 6) is -0.580. The molecule has 15 heavy (non-hydrogen) atoms. The van der Waals surface area contributed by atoms with E-state index in [2.05, 4.69) is 20.7 Å². The zero-order chi connectivity index (χ0) is 11.5. The van der Waals surface area contributed by atoms with Gasteiger partial charge in [0, 0.05) is 10.2 Å². The van der Waals surface area contributed by atoms with Crippen molar-refractivity contribution in [2.24, 2.45) is 0 Å². The molecular formula is C8H8BrN3O2S. The molecule has 0 aromatic heterocycles. The van der Waals surface area contributed by atoms with Crippen LogP contribution in [0.1, 0.15) is 0 Å². The average molecular weight is 290 g/mol. The van der Waals surface area contributed by atoms with Gasteiger partial charge >= 0.3 is 0 Å². The van der Waals surface area contributed by atoms with Gasteiger partial charge < -0.3 is 5.73 Å². The summed E-state index contributed by atoms with van der Waals surface area (Å²) in [7, 11) is -3.60. The minimum atomic E-state index is -3.60. The first-order valence-electron chi connectivity index (χ1n) is 3.87. The molecule has 0 radical (unpaired) electrons. The lowest BCUT2D eigenvalue weighted by Gasteiger charge is -2.07. The lowest BCUT2D eigenvalue weighted by Crippen LogP contribution is -2.15. The van der Waals surface area contributed by atoms with Crippen molar-refractivity contribution in [1.29, 1.82) is 5.26 Å². The van der Waals surface area contributed by atoms with E-state index in [9.17, 15) is 8.42 Å². The number of hydrogen-bond acceptors (Lipinski definition) is 4. The van der Waals surface area contributed by atoms with E-state index in [0.717, 1.165) is 0 Å². The number of nitrogen functional groups attached to an aromatic ring is 1. The average Bonchev–Trinajstić information content (AvgIpc) is 2.09. The summed E-state index contributed by atoms with van der Waals surface area (Å²) in [5.41, 5.74) is 6.37. The maximum absolute atomic E-state index is 11.3. The van der Waals surface area contributed by atoms with E-state index in [1.165, 1.54) is 6.07 Å². The largest absolute Gasteiger partial charge is 0.399 e. The maximum atomic E-state index is 11.3. The van der Waals surface area contributed by atoms with E-state index in [-0.39, 0.29) is 0 Å². The summed E-state index contributed by atoms with van der Waals surface area (Å²) in [6.07, 6.45) is 0. The number of nitriles is 1. The summed E-state index contributed by atoms with van der Waals surface area (Å²) < 4.78 is 25.3. The van der Waals surface area contributed by atoms with E-state index < -0.39 is 15.8 Å². The summed E-state index contributed by atoms with van der Waals surface area (Å²) >= 11 is 3.16. The molecule has 0 bridgehead atoms. The maximum Gasteiger partial charge on any atom is 0.246 e. The highest BCUT2D eigenvalue weighted by Gasteiger charge is 2.11. The molecule has 1 aromatic carbocycles. The first-order chi connectivity index (χ1) is 6.94. The summed E-state index contributed by atoms with van der Waals surface area (Å²) in [4.78, 5) is 0. The Morgan fingerprint density at radius 1 is 1.53 bits per heavy atom. The van der Waals surface area contributed by atoms with Crippen LogP contribution in [0, 0.1) is 11.3 Å². The van der Waals surface area contributed by atoms with Gasteiger partial charge in [0.1, 0.15) is 0 Å². The molecule has 0 heterocycles. The monoisotopic (exact) mass is 289 g/mol. The smallest absolute Gasteiger partial charge is 0.246 e. The van der Waals surface area contributed by atoms with Gasteiger partial charge in [0.25, 0.3) is 0 Å². The fraction of sp³-hybridized carbons (Fsp3) is 0.125. The second-order valence-electron chi connectivity index (χ2n) is 2.76. The summed E-state index contributed by atoms with van der Waals surface area (Å²) in [6.45, 7) is 0. The third-order valence-electron chi connectivity index (χ3n) is 1.51. The van der Waals surface area contributed by atoms with Gasteiger partial charge in [0.05, 0.1) is 11.8 Å². The van der Waals surface area contributed by atoms with Crippen LogP contribution in [0.5, 0.6) is 0 Å². The van der Waals surface area contributed by atoms with E-state index >= 15 is 0 Å². The van der Waals surface area contributed by atoms with Crippen LogP contribution in [0.4, 0.5) is 11.4 Å². The highest BCUT2D eigenvalue weighted by molar-refractivity contribution is 9.10.